The van der Waals surface area contributed by atoms with E-state index in [-0.39, 0.29) is 5.97 Å². The Kier molecular flexibility index (Phi) is 6.63. The van der Waals surface area contributed by atoms with Gasteiger partial charge in [0.05, 0.1) is 18.4 Å². The molecule has 0 aliphatic rings. The number of aryl methyl sites for hydroxylation is 1. The molecule has 0 amide bonds. The number of para-hydroxylation sites is 2. The third-order valence-corrected chi connectivity index (χ3v) is 6.03. The Bertz CT molecular complexity index is 1550. The van der Waals surface area contributed by atoms with Gasteiger partial charge < -0.3 is 14.0 Å². The lowest BCUT2D eigenvalue weighted by Crippen LogP contribution is -2.03. The molecule has 36 heavy (non-hydrogen) atoms. The highest BCUT2D eigenvalue weighted by molar-refractivity contribution is 6.00. The summed E-state index contributed by atoms with van der Waals surface area (Å²) in [5.41, 5.74) is 5.62. The van der Waals surface area contributed by atoms with Gasteiger partial charge in [-0.3, -0.25) is 4.99 Å². The predicted molar refractivity (Wildman–Crippen MR) is 144 cm³/mol. The molecule has 0 aliphatic carbocycles. The molecule has 0 unspecified atom stereocenters. The molecule has 0 fully saturated rings. The molecule has 0 saturated carbocycles. The van der Waals surface area contributed by atoms with Crippen LogP contribution < -0.4 is 4.74 Å². The first-order chi connectivity index (χ1) is 17.6. The SMILES string of the molecule is COC(=O)c1cccc(Cn2cc(C=Nc3ccc(Oc4ccccc4C)cc3)c3ccccc32)c1. The summed E-state index contributed by atoms with van der Waals surface area (Å²) in [7, 11) is 1.39. The number of carbonyl (C=O) groups is 1. The minimum absolute atomic E-state index is 0.336. The second kappa shape index (κ2) is 10.3. The predicted octanol–water partition coefficient (Wildman–Crippen LogP) is 7.33. The van der Waals surface area contributed by atoms with Crippen molar-refractivity contribution in [3.8, 4) is 11.5 Å². The summed E-state index contributed by atoms with van der Waals surface area (Å²) in [5.74, 6) is 1.28. The summed E-state index contributed by atoms with van der Waals surface area (Å²) in [6.07, 6.45) is 3.98. The van der Waals surface area contributed by atoms with E-state index < -0.39 is 0 Å². The fourth-order valence-corrected chi connectivity index (χ4v) is 4.16. The lowest BCUT2D eigenvalue weighted by Gasteiger charge is -2.08. The molecule has 0 radical (unpaired) electrons. The standard InChI is InChI=1S/C31H26N2O3/c1-22-8-3-6-13-30(22)36-27-16-14-26(15-17-27)32-19-25-21-33(29-12-5-4-11-28(25)29)20-23-9-7-10-24(18-23)31(34)35-2/h3-19,21H,20H2,1-2H3. The van der Waals surface area contributed by atoms with Gasteiger partial charge >= 0.3 is 5.97 Å². The van der Waals surface area contributed by atoms with Crippen LogP contribution in [0.2, 0.25) is 0 Å². The zero-order chi connectivity index (χ0) is 24.9. The summed E-state index contributed by atoms with van der Waals surface area (Å²) in [4.78, 5) is 16.6. The molecule has 1 heterocycles. The lowest BCUT2D eigenvalue weighted by atomic mass is 10.1. The van der Waals surface area contributed by atoms with Crippen molar-refractivity contribution in [2.24, 2.45) is 4.99 Å². The maximum atomic E-state index is 11.9. The number of aromatic nitrogens is 1. The highest BCUT2D eigenvalue weighted by Gasteiger charge is 2.10. The Morgan fingerprint density at radius 1 is 0.917 bits per heavy atom. The van der Waals surface area contributed by atoms with Crippen molar-refractivity contribution in [3.63, 3.8) is 0 Å². The highest BCUT2D eigenvalue weighted by Crippen LogP contribution is 2.27. The molecule has 1 aromatic heterocycles. The van der Waals surface area contributed by atoms with Crippen LogP contribution in [0.4, 0.5) is 5.69 Å². The number of hydrogen-bond acceptors (Lipinski definition) is 4. The molecule has 5 nitrogen and oxygen atoms in total. The van der Waals surface area contributed by atoms with Gasteiger partial charge in [-0.15, -0.1) is 0 Å². The van der Waals surface area contributed by atoms with Gasteiger partial charge in [0.2, 0.25) is 0 Å². The number of carbonyl (C=O) groups excluding carboxylic acids is 1. The largest absolute Gasteiger partial charge is 0.465 e. The summed E-state index contributed by atoms with van der Waals surface area (Å²) < 4.78 is 13.0. The molecule has 5 rings (SSSR count). The van der Waals surface area contributed by atoms with Crippen molar-refractivity contribution in [3.05, 3.63) is 126 Å². The van der Waals surface area contributed by atoms with E-state index in [1.54, 1.807) is 6.07 Å². The Hall–Kier alpha value is -4.64. The zero-order valence-corrected chi connectivity index (χ0v) is 20.2. The Morgan fingerprint density at radius 3 is 2.50 bits per heavy atom. The fourth-order valence-electron chi connectivity index (χ4n) is 4.16. The molecule has 0 N–H and O–H groups in total. The number of fused-ring (bicyclic) bond motifs is 1. The van der Waals surface area contributed by atoms with E-state index >= 15 is 0 Å². The maximum Gasteiger partial charge on any atom is 0.337 e. The average molecular weight is 475 g/mol. The number of esters is 1. The van der Waals surface area contributed by atoms with E-state index in [9.17, 15) is 4.79 Å². The van der Waals surface area contributed by atoms with Crippen LogP contribution >= 0.6 is 0 Å². The van der Waals surface area contributed by atoms with E-state index in [4.69, 9.17) is 14.5 Å². The molecule has 4 aromatic carbocycles. The summed E-state index contributed by atoms with van der Waals surface area (Å²) >= 11 is 0. The van der Waals surface area contributed by atoms with Gasteiger partial charge in [0.25, 0.3) is 0 Å². The van der Waals surface area contributed by atoms with Crippen molar-refractivity contribution >= 4 is 28.8 Å². The van der Waals surface area contributed by atoms with Crippen LogP contribution in [-0.2, 0) is 11.3 Å². The van der Waals surface area contributed by atoms with E-state index in [1.165, 1.54) is 7.11 Å². The zero-order valence-electron chi connectivity index (χ0n) is 20.2. The van der Waals surface area contributed by atoms with Gasteiger partial charge in [-0.2, -0.15) is 0 Å². The molecule has 0 saturated heterocycles. The summed E-state index contributed by atoms with van der Waals surface area (Å²) in [5, 5.41) is 1.12. The minimum Gasteiger partial charge on any atom is -0.465 e. The first-order valence-corrected chi connectivity index (χ1v) is 11.7. The number of aliphatic imine (C=N–C) groups is 1. The van der Waals surface area contributed by atoms with Crippen molar-refractivity contribution in [2.45, 2.75) is 13.5 Å². The molecule has 5 heteroatoms. The van der Waals surface area contributed by atoms with Crippen molar-refractivity contribution in [2.75, 3.05) is 7.11 Å². The molecule has 0 bridgehead atoms. The number of nitrogens with zero attached hydrogens (tertiary/aromatic N) is 2. The molecular weight excluding hydrogens is 448 g/mol. The van der Waals surface area contributed by atoms with Crippen LogP contribution in [-0.4, -0.2) is 23.9 Å². The average Bonchev–Trinajstić information content (AvgIpc) is 3.26. The van der Waals surface area contributed by atoms with Gasteiger partial charge in [-0.25, -0.2) is 4.79 Å². The second-order valence-corrected chi connectivity index (χ2v) is 8.54. The Morgan fingerprint density at radius 2 is 1.69 bits per heavy atom. The van der Waals surface area contributed by atoms with Gasteiger partial charge in [0.15, 0.2) is 0 Å². The smallest absolute Gasteiger partial charge is 0.337 e. The van der Waals surface area contributed by atoms with Crippen LogP contribution in [0.15, 0.2) is 108 Å². The van der Waals surface area contributed by atoms with Crippen LogP contribution in [0.5, 0.6) is 11.5 Å². The van der Waals surface area contributed by atoms with Crippen molar-refractivity contribution < 1.29 is 14.3 Å². The number of ether oxygens (including phenoxy) is 2. The molecular formula is C31H26N2O3. The fraction of sp³-hybridized carbons (Fsp3) is 0.0968. The lowest BCUT2D eigenvalue weighted by molar-refractivity contribution is 0.0600. The van der Waals surface area contributed by atoms with Gasteiger partial charge in [-0.1, -0.05) is 48.5 Å². The molecule has 0 atom stereocenters. The van der Waals surface area contributed by atoms with Crippen LogP contribution in [0, 0.1) is 6.92 Å². The number of methoxy groups -OCH3 is 1. The first-order valence-electron chi connectivity index (χ1n) is 11.7. The number of hydrogen-bond donors (Lipinski definition) is 0. The van der Waals surface area contributed by atoms with Crippen LogP contribution in [0.3, 0.4) is 0 Å². The monoisotopic (exact) mass is 474 g/mol. The Labute approximate surface area is 210 Å². The molecule has 178 valence electrons. The van der Waals surface area contributed by atoms with E-state index in [2.05, 4.69) is 22.9 Å². The van der Waals surface area contributed by atoms with Gasteiger partial charge in [-0.05, 0) is 66.6 Å². The quantitative estimate of drug-likeness (QED) is 0.183. The van der Waals surface area contributed by atoms with E-state index in [0.717, 1.165) is 44.8 Å². The Balaban J connectivity index is 1.37. The maximum absolute atomic E-state index is 11.9. The number of benzene rings is 4. The number of rotatable bonds is 7. The van der Waals surface area contributed by atoms with Gasteiger partial charge in [0.1, 0.15) is 11.5 Å². The van der Waals surface area contributed by atoms with E-state index in [0.29, 0.717) is 12.1 Å². The van der Waals surface area contributed by atoms with Crippen molar-refractivity contribution in [1.82, 2.24) is 4.57 Å². The van der Waals surface area contributed by atoms with Crippen LogP contribution in [0.1, 0.15) is 27.0 Å². The third-order valence-electron chi connectivity index (χ3n) is 6.03. The first kappa shape index (κ1) is 23.1. The third kappa shape index (κ3) is 5.05. The summed E-state index contributed by atoms with van der Waals surface area (Å²) in [6.45, 7) is 2.66. The summed E-state index contributed by atoms with van der Waals surface area (Å²) in [6, 6.07) is 31.5. The van der Waals surface area contributed by atoms with Gasteiger partial charge in [0, 0.05) is 35.4 Å². The van der Waals surface area contributed by atoms with Crippen LogP contribution in [0.25, 0.3) is 10.9 Å². The molecule has 0 spiro atoms. The highest BCUT2D eigenvalue weighted by atomic mass is 16.5. The van der Waals surface area contributed by atoms with Crippen molar-refractivity contribution in [1.29, 1.82) is 0 Å². The molecule has 0 aliphatic heterocycles. The topological polar surface area (TPSA) is 52.8 Å². The normalized spacial score (nSPS) is 11.2. The minimum atomic E-state index is -0.336. The molecule has 5 aromatic rings. The van der Waals surface area contributed by atoms with E-state index in [1.807, 2.05) is 92.0 Å². The second-order valence-electron chi connectivity index (χ2n) is 8.54.